The zero-order valence-corrected chi connectivity index (χ0v) is 9.42. The zero-order valence-electron chi connectivity index (χ0n) is 9.42. The van der Waals surface area contributed by atoms with E-state index in [1.54, 1.807) is 7.11 Å². The molecule has 0 radical (unpaired) electrons. The van der Waals surface area contributed by atoms with Gasteiger partial charge in [-0.15, -0.1) is 0 Å². The first kappa shape index (κ1) is 10.1. The molecule has 1 aromatic rings. The molecule has 0 saturated carbocycles. The summed E-state index contributed by atoms with van der Waals surface area (Å²) in [5.74, 6) is 1.52. The van der Waals surface area contributed by atoms with Crippen molar-refractivity contribution in [2.45, 2.75) is 13.8 Å². The fraction of sp³-hybridized carbons (Fsp3) is 0.545. The average molecular weight is 207 g/mol. The van der Waals surface area contributed by atoms with Gasteiger partial charge in [-0.1, -0.05) is 13.8 Å². The molecule has 2 rings (SSSR count). The molecule has 82 valence electrons. The van der Waals surface area contributed by atoms with Gasteiger partial charge in [-0.25, -0.2) is 0 Å². The van der Waals surface area contributed by atoms with Crippen molar-refractivity contribution >= 4 is 11.5 Å². The molecule has 1 aliphatic heterocycles. The lowest BCUT2D eigenvalue weighted by atomic mass is 9.94. The average Bonchev–Trinajstić information content (AvgIpc) is 2.38. The van der Waals surface area contributed by atoms with Gasteiger partial charge in [0, 0.05) is 19.2 Å². The van der Waals surface area contributed by atoms with Crippen LogP contribution < -0.4 is 15.4 Å². The Morgan fingerprint density at radius 1 is 1.27 bits per heavy atom. The molecule has 0 aliphatic carbocycles. The van der Waals surface area contributed by atoms with Gasteiger partial charge in [0.05, 0.1) is 12.8 Å². The van der Waals surface area contributed by atoms with Gasteiger partial charge in [0.25, 0.3) is 0 Å². The summed E-state index contributed by atoms with van der Waals surface area (Å²) < 4.78 is 5.09. The van der Waals surface area contributed by atoms with Crippen molar-refractivity contribution in [3.8, 4) is 5.88 Å². The minimum atomic E-state index is 0.230. The Balaban J connectivity index is 2.27. The number of methoxy groups -OCH3 is 1. The van der Waals surface area contributed by atoms with E-state index in [1.807, 2.05) is 12.1 Å². The van der Waals surface area contributed by atoms with Crippen molar-refractivity contribution in [2.75, 3.05) is 30.8 Å². The smallest absolute Gasteiger partial charge is 0.215 e. The van der Waals surface area contributed by atoms with Crippen molar-refractivity contribution in [2.24, 2.45) is 5.41 Å². The maximum absolute atomic E-state index is 5.09. The second kappa shape index (κ2) is 3.61. The van der Waals surface area contributed by atoms with Crippen LogP contribution in [0.3, 0.4) is 0 Å². The molecule has 4 heteroatoms. The summed E-state index contributed by atoms with van der Waals surface area (Å²) in [6, 6.07) is 3.86. The fourth-order valence-corrected chi connectivity index (χ4v) is 1.55. The first-order valence-electron chi connectivity index (χ1n) is 5.13. The third-order valence-electron chi connectivity index (χ3n) is 2.57. The molecule has 0 unspecified atom stereocenters. The second-order valence-electron chi connectivity index (χ2n) is 4.62. The fourth-order valence-electron chi connectivity index (χ4n) is 1.55. The summed E-state index contributed by atoms with van der Waals surface area (Å²) >= 11 is 0. The number of pyridine rings is 1. The molecule has 0 aromatic carbocycles. The van der Waals surface area contributed by atoms with Gasteiger partial charge in [-0.2, -0.15) is 4.98 Å². The van der Waals surface area contributed by atoms with Crippen molar-refractivity contribution < 1.29 is 4.74 Å². The summed E-state index contributed by atoms with van der Waals surface area (Å²) in [6.07, 6.45) is 0. The highest BCUT2D eigenvalue weighted by atomic mass is 16.5. The normalized spacial score (nSPS) is 18.1. The molecule has 2 heterocycles. The Morgan fingerprint density at radius 3 is 2.73 bits per heavy atom. The van der Waals surface area contributed by atoms with Crippen LogP contribution in [0, 0.1) is 5.41 Å². The number of anilines is 2. The lowest BCUT2D eigenvalue weighted by molar-refractivity contribution is 0.398. The van der Waals surface area contributed by atoms with Crippen LogP contribution in [-0.4, -0.2) is 25.2 Å². The van der Waals surface area contributed by atoms with E-state index in [2.05, 4.69) is 29.5 Å². The Kier molecular flexibility index (Phi) is 2.42. The van der Waals surface area contributed by atoms with Gasteiger partial charge in [0.1, 0.15) is 0 Å². The minimum Gasteiger partial charge on any atom is -0.481 e. The van der Waals surface area contributed by atoms with E-state index in [9.17, 15) is 0 Å². The van der Waals surface area contributed by atoms with E-state index in [0.717, 1.165) is 24.6 Å². The number of hydrogen-bond acceptors (Lipinski definition) is 4. The van der Waals surface area contributed by atoms with Crippen molar-refractivity contribution in [1.82, 2.24) is 4.98 Å². The summed E-state index contributed by atoms with van der Waals surface area (Å²) in [6.45, 7) is 6.29. The predicted octanol–water partition coefficient (Wildman–Crippen LogP) is 1.95. The topological polar surface area (TPSA) is 46.2 Å². The molecule has 4 nitrogen and oxygen atoms in total. The van der Waals surface area contributed by atoms with Crippen LogP contribution in [0.4, 0.5) is 11.5 Å². The van der Waals surface area contributed by atoms with Crippen LogP contribution in [0.2, 0.25) is 0 Å². The van der Waals surface area contributed by atoms with Crippen LogP contribution >= 0.6 is 0 Å². The van der Waals surface area contributed by atoms with Gasteiger partial charge in [-0.05, 0) is 11.5 Å². The number of rotatable bonds is 1. The molecule has 0 fully saturated rings. The number of fused-ring (bicyclic) bond motifs is 1. The second-order valence-corrected chi connectivity index (χ2v) is 4.62. The molecular formula is C11H17N3O. The van der Waals surface area contributed by atoms with Crippen molar-refractivity contribution in [1.29, 1.82) is 0 Å². The number of nitrogens with zero attached hydrogens (tertiary/aromatic N) is 1. The lowest BCUT2D eigenvalue weighted by Gasteiger charge is -2.21. The third-order valence-corrected chi connectivity index (χ3v) is 2.57. The number of nitrogens with one attached hydrogen (secondary N) is 2. The van der Waals surface area contributed by atoms with Gasteiger partial charge >= 0.3 is 0 Å². The molecular weight excluding hydrogens is 190 g/mol. The highest BCUT2D eigenvalue weighted by Crippen LogP contribution is 2.28. The van der Waals surface area contributed by atoms with Crippen LogP contribution in [0.25, 0.3) is 0 Å². The van der Waals surface area contributed by atoms with Crippen molar-refractivity contribution in [3.05, 3.63) is 12.1 Å². The zero-order chi connectivity index (χ0) is 10.9. The van der Waals surface area contributed by atoms with E-state index >= 15 is 0 Å². The predicted molar refractivity (Wildman–Crippen MR) is 61.5 cm³/mol. The Labute approximate surface area is 90.0 Å². The van der Waals surface area contributed by atoms with Gasteiger partial charge in [-0.3, -0.25) is 0 Å². The van der Waals surface area contributed by atoms with E-state index in [4.69, 9.17) is 4.74 Å². The first-order chi connectivity index (χ1) is 7.11. The standard InChI is InChI=1S/C11H17N3O/c1-11(2)6-12-8-4-5-9(15-3)14-10(8)13-7-11/h4-5,12H,6-7H2,1-3H3,(H,13,14). The minimum absolute atomic E-state index is 0.230. The van der Waals surface area contributed by atoms with Crippen LogP contribution in [0.1, 0.15) is 13.8 Å². The number of hydrogen-bond donors (Lipinski definition) is 2. The molecule has 0 amide bonds. The molecule has 0 saturated heterocycles. The van der Waals surface area contributed by atoms with E-state index in [0.29, 0.717) is 5.88 Å². The summed E-state index contributed by atoms with van der Waals surface area (Å²) in [5, 5.41) is 6.72. The number of aromatic nitrogens is 1. The first-order valence-corrected chi connectivity index (χ1v) is 5.13. The van der Waals surface area contributed by atoms with Crippen molar-refractivity contribution in [3.63, 3.8) is 0 Å². The van der Waals surface area contributed by atoms with Crippen LogP contribution in [0.15, 0.2) is 12.1 Å². The van der Waals surface area contributed by atoms with E-state index in [-0.39, 0.29) is 5.41 Å². The third kappa shape index (κ3) is 2.14. The quantitative estimate of drug-likeness (QED) is 0.739. The Morgan fingerprint density at radius 2 is 2.00 bits per heavy atom. The molecule has 0 bridgehead atoms. The maximum Gasteiger partial charge on any atom is 0.215 e. The highest BCUT2D eigenvalue weighted by Gasteiger charge is 2.22. The van der Waals surface area contributed by atoms with Gasteiger partial charge in [0.2, 0.25) is 5.88 Å². The molecule has 15 heavy (non-hydrogen) atoms. The van der Waals surface area contributed by atoms with E-state index in [1.165, 1.54) is 0 Å². The summed E-state index contributed by atoms with van der Waals surface area (Å²) in [5.41, 5.74) is 1.27. The molecule has 0 atom stereocenters. The summed E-state index contributed by atoms with van der Waals surface area (Å²) in [7, 11) is 1.63. The molecule has 1 aromatic heterocycles. The SMILES string of the molecule is COc1ccc2c(n1)NCC(C)(C)CN2. The molecule has 2 N–H and O–H groups in total. The Hall–Kier alpha value is -1.45. The Bertz CT molecular complexity index is 363. The number of ether oxygens (including phenoxy) is 1. The van der Waals surface area contributed by atoms with Gasteiger partial charge in [0.15, 0.2) is 5.82 Å². The maximum atomic E-state index is 5.09. The van der Waals surface area contributed by atoms with Crippen LogP contribution in [0.5, 0.6) is 5.88 Å². The lowest BCUT2D eigenvalue weighted by Crippen LogP contribution is -2.27. The molecule has 1 aliphatic rings. The van der Waals surface area contributed by atoms with E-state index < -0.39 is 0 Å². The van der Waals surface area contributed by atoms with Gasteiger partial charge < -0.3 is 15.4 Å². The largest absolute Gasteiger partial charge is 0.481 e. The van der Waals surface area contributed by atoms with Crippen LogP contribution in [-0.2, 0) is 0 Å². The summed E-state index contributed by atoms with van der Waals surface area (Å²) in [4.78, 5) is 4.36. The monoisotopic (exact) mass is 207 g/mol. The molecule has 0 spiro atoms. The highest BCUT2D eigenvalue weighted by molar-refractivity contribution is 5.66.